The van der Waals surface area contributed by atoms with Crippen molar-refractivity contribution in [1.82, 2.24) is 5.32 Å². The van der Waals surface area contributed by atoms with Crippen molar-refractivity contribution in [2.24, 2.45) is 0 Å². The molecule has 0 unspecified atom stereocenters. The fourth-order valence-electron chi connectivity index (χ4n) is 3.24. The highest BCUT2D eigenvalue weighted by atomic mass is 32.2. The first-order valence-electron chi connectivity index (χ1n) is 10.4. The molecule has 0 fully saturated rings. The van der Waals surface area contributed by atoms with Crippen molar-refractivity contribution >= 4 is 21.6 Å². The highest BCUT2D eigenvalue weighted by Crippen LogP contribution is 2.23. The Balaban J connectivity index is 1.65. The van der Waals surface area contributed by atoms with E-state index in [1.165, 1.54) is 12.1 Å². The molecule has 0 heterocycles. The lowest BCUT2D eigenvalue weighted by molar-refractivity contribution is -0.119. The molecule has 0 saturated heterocycles. The van der Waals surface area contributed by atoms with Gasteiger partial charge in [-0.25, -0.2) is 8.42 Å². The second kappa shape index (κ2) is 10.8. The van der Waals surface area contributed by atoms with Crippen LogP contribution in [0.3, 0.4) is 0 Å². The number of sulfonamides is 1. The zero-order valence-electron chi connectivity index (χ0n) is 18.3. The molecule has 0 aliphatic rings. The van der Waals surface area contributed by atoms with Gasteiger partial charge in [0.25, 0.3) is 10.0 Å². The van der Waals surface area contributed by atoms with Gasteiger partial charge in [0.05, 0.1) is 17.7 Å². The highest BCUT2D eigenvalue weighted by Gasteiger charge is 2.26. The molecule has 3 aromatic rings. The van der Waals surface area contributed by atoms with Crippen molar-refractivity contribution in [2.45, 2.75) is 24.7 Å². The highest BCUT2D eigenvalue weighted by molar-refractivity contribution is 7.92. The molecule has 0 aromatic heterocycles. The monoisotopic (exact) mass is 452 g/mol. The maximum absolute atomic E-state index is 13.3. The Morgan fingerprint density at radius 1 is 0.938 bits per heavy atom. The van der Waals surface area contributed by atoms with Crippen LogP contribution >= 0.6 is 0 Å². The SMILES string of the molecule is COc1ccc(CCCNC(=O)CN(c2ccc(C)cc2)S(=O)(=O)c2ccccc2)cc1. The predicted octanol–water partition coefficient (Wildman–Crippen LogP) is 3.95. The number of aryl methyl sites for hydroxylation is 2. The van der Waals surface area contributed by atoms with Gasteiger partial charge in [0.2, 0.25) is 5.91 Å². The number of benzene rings is 3. The number of amides is 1. The molecule has 0 aliphatic heterocycles. The van der Waals surface area contributed by atoms with E-state index in [-0.39, 0.29) is 17.3 Å². The van der Waals surface area contributed by atoms with E-state index in [9.17, 15) is 13.2 Å². The summed E-state index contributed by atoms with van der Waals surface area (Å²) in [5.74, 6) is 0.456. The molecule has 0 aliphatic carbocycles. The van der Waals surface area contributed by atoms with Crippen LogP contribution in [-0.2, 0) is 21.2 Å². The molecular weight excluding hydrogens is 424 g/mol. The van der Waals surface area contributed by atoms with E-state index in [1.54, 1.807) is 37.4 Å². The summed E-state index contributed by atoms with van der Waals surface area (Å²) < 4.78 is 32.8. The van der Waals surface area contributed by atoms with E-state index in [1.807, 2.05) is 43.3 Å². The maximum Gasteiger partial charge on any atom is 0.264 e. The van der Waals surface area contributed by atoms with Crippen LogP contribution in [0.4, 0.5) is 5.69 Å². The van der Waals surface area contributed by atoms with Gasteiger partial charge in [-0.15, -0.1) is 0 Å². The van der Waals surface area contributed by atoms with Crippen molar-refractivity contribution in [3.8, 4) is 5.75 Å². The maximum atomic E-state index is 13.3. The first kappa shape index (κ1) is 23.3. The number of anilines is 1. The number of nitrogens with zero attached hydrogens (tertiary/aromatic N) is 1. The van der Waals surface area contributed by atoms with E-state index < -0.39 is 10.0 Å². The standard InChI is InChI=1S/C25H28N2O4S/c1-20-10-14-22(15-11-20)27(32(29,30)24-8-4-3-5-9-24)19-25(28)26-18-6-7-21-12-16-23(31-2)17-13-21/h3-5,8-17H,6-7,18-19H2,1-2H3,(H,26,28). The number of carbonyl (C=O) groups is 1. The summed E-state index contributed by atoms with van der Waals surface area (Å²) in [4.78, 5) is 12.8. The van der Waals surface area contributed by atoms with Crippen molar-refractivity contribution in [3.63, 3.8) is 0 Å². The summed E-state index contributed by atoms with van der Waals surface area (Å²) in [6, 6.07) is 23.0. The quantitative estimate of drug-likeness (QED) is 0.473. The van der Waals surface area contributed by atoms with Gasteiger partial charge < -0.3 is 10.1 Å². The average Bonchev–Trinajstić information content (AvgIpc) is 2.82. The Bertz CT molecular complexity index is 1110. The van der Waals surface area contributed by atoms with Crippen molar-refractivity contribution in [1.29, 1.82) is 0 Å². The minimum atomic E-state index is -3.88. The first-order chi connectivity index (χ1) is 15.4. The third-order valence-corrected chi connectivity index (χ3v) is 6.85. The van der Waals surface area contributed by atoms with Gasteiger partial charge in [0.15, 0.2) is 0 Å². The fraction of sp³-hybridized carbons (Fsp3) is 0.240. The van der Waals surface area contributed by atoms with E-state index in [0.717, 1.165) is 34.0 Å². The normalized spacial score (nSPS) is 11.1. The van der Waals surface area contributed by atoms with Gasteiger partial charge in [-0.2, -0.15) is 0 Å². The summed E-state index contributed by atoms with van der Waals surface area (Å²) in [5.41, 5.74) is 2.61. The lowest BCUT2D eigenvalue weighted by Gasteiger charge is -2.24. The zero-order valence-corrected chi connectivity index (χ0v) is 19.1. The molecule has 0 saturated carbocycles. The molecule has 3 rings (SSSR count). The number of ether oxygens (including phenoxy) is 1. The molecule has 0 spiro atoms. The van der Waals surface area contributed by atoms with Gasteiger partial charge in [0, 0.05) is 6.54 Å². The van der Waals surface area contributed by atoms with E-state index in [2.05, 4.69) is 5.32 Å². The van der Waals surface area contributed by atoms with Crippen LogP contribution in [0.25, 0.3) is 0 Å². The summed E-state index contributed by atoms with van der Waals surface area (Å²) in [6.07, 6.45) is 1.54. The molecule has 0 atom stereocenters. The van der Waals surface area contributed by atoms with Crippen LogP contribution in [0, 0.1) is 6.92 Å². The lowest BCUT2D eigenvalue weighted by atomic mass is 10.1. The summed E-state index contributed by atoms with van der Waals surface area (Å²) in [5, 5.41) is 2.84. The molecule has 0 bridgehead atoms. The van der Waals surface area contributed by atoms with Crippen LogP contribution in [0.15, 0.2) is 83.8 Å². The minimum absolute atomic E-state index is 0.146. The molecule has 7 heteroatoms. The molecule has 6 nitrogen and oxygen atoms in total. The Morgan fingerprint density at radius 2 is 1.59 bits per heavy atom. The molecular formula is C25H28N2O4S. The molecule has 0 radical (unpaired) electrons. The molecule has 3 aromatic carbocycles. The second-order valence-electron chi connectivity index (χ2n) is 7.46. The van der Waals surface area contributed by atoms with Gasteiger partial charge in [-0.05, 0) is 61.7 Å². The molecule has 1 N–H and O–H groups in total. The van der Waals surface area contributed by atoms with E-state index >= 15 is 0 Å². The predicted molar refractivity (Wildman–Crippen MR) is 126 cm³/mol. The van der Waals surface area contributed by atoms with Crippen LogP contribution in [0.5, 0.6) is 5.75 Å². The van der Waals surface area contributed by atoms with Crippen molar-refractivity contribution < 1.29 is 17.9 Å². The largest absolute Gasteiger partial charge is 0.497 e. The number of hydrogen-bond acceptors (Lipinski definition) is 4. The van der Waals surface area contributed by atoms with Crippen molar-refractivity contribution in [3.05, 3.63) is 90.0 Å². The number of methoxy groups -OCH3 is 1. The molecule has 168 valence electrons. The summed E-state index contributed by atoms with van der Waals surface area (Å²) >= 11 is 0. The molecule has 32 heavy (non-hydrogen) atoms. The van der Waals surface area contributed by atoms with Gasteiger partial charge >= 0.3 is 0 Å². The minimum Gasteiger partial charge on any atom is -0.497 e. The van der Waals surface area contributed by atoms with Gasteiger partial charge in [-0.3, -0.25) is 9.10 Å². The molecule has 1 amide bonds. The van der Waals surface area contributed by atoms with Crippen molar-refractivity contribution in [2.75, 3.05) is 24.5 Å². The van der Waals surface area contributed by atoms with Crippen LogP contribution in [-0.4, -0.2) is 34.5 Å². The Kier molecular flexibility index (Phi) is 7.89. The number of nitrogens with one attached hydrogen (secondary N) is 1. The average molecular weight is 453 g/mol. The Morgan fingerprint density at radius 3 is 2.22 bits per heavy atom. The van der Waals surface area contributed by atoms with Gasteiger partial charge in [-0.1, -0.05) is 48.0 Å². The first-order valence-corrected chi connectivity index (χ1v) is 11.9. The van der Waals surface area contributed by atoms with E-state index in [0.29, 0.717) is 12.2 Å². The van der Waals surface area contributed by atoms with E-state index in [4.69, 9.17) is 4.74 Å². The number of carbonyl (C=O) groups excluding carboxylic acids is 1. The van der Waals surface area contributed by atoms with Gasteiger partial charge in [0.1, 0.15) is 12.3 Å². The number of rotatable bonds is 10. The third kappa shape index (κ3) is 6.11. The third-order valence-electron chi connectivity index (χ3n) is 5.06. The summed E-state index contributed by atoms with van der Waals surface area (Å²) in [6.45, 7) is 2.09. The summed E-state index contributed by atoms with van der Waals surface area (Å²) in [7, 11) is -2.25. The van der Waals surface area contributed by atoms with Crippen LogP contribution in [0.1, 0.15) is 17.5 Å². The Hall–Kier alpha value is -3.32. The lowest BCUT2D eigenvalue weighted by Crippen LogP contribution is -2.41. The number of hydrogen-bond donors (Lipinski definition) is 1. The second-order valence-corrected chi connectivity index (χ2v) is 9.32. The van der Waals surface area contributed by atoms with Crippen LogP contribution < -0.4 is 14.4 Å². The van der Waals surface area contributed by atoms with Crippen LogP contribution in [0.2, 0.25) is 0 Å². The smallest absolute Gasteiger partial charge is 0.264 e. The zero-order chi connectivity index (χ0) is 23.0. The Labute approximate surface area is 189 Å². The fourth-order valence-corrected chi connectivity index (χ4v) is 4.69. The topological polar surface area (TPSA) is 75.7 Å².